The molecule has 0 radical (unpaired) electrons. The lowest BCUT2D eigenvalue weighted by Gasteiger charge is -2.02. The number of fused-ring (bicyclic) bond motifs is 1. The summed E-state index contributed by atoms with van der Waals surface area (Å²) in [5.41, 5.74) is 1.72. The van der Waals surface area contributed by atoms with Crippen LogP contribution >= 0.6 is 11.6 Å². The zero-order valence-corrected chi connectivity index (χ0v) is 10.3. The molecule has 1 N–H and O–H groups in total. The Labute approximate surface area is 109 Å². The predicted molar refractivity (Wildman–Crippen MR) is 71.1 cm³/mol. The minimum atomic E-state index is 0.148. The van der Waals surface area contributed by atoms with Crippen LogP contribution in [0.3, 0.4) is 0 Å². The van der Waals surface area contributed by atoms with E-state index in [0.717, 1.165) is 11.4 Å². The molecule has 0 aliphatic carbocycles. The Morgan fingerprint density at radius 3 is 2.67 bits per heavy atom. The van der Waals surface area contributed by atoms with Crippen molar-refractivity contribution in [3.8, 4) is 5.75 Å². The highest BCUT2D eigenvalue weighted by molar-refractivity contribution is 6.33. The van der Waals surface area contributed by atoms with Crippen molar-refractivity contribution in [1.82, 2.24) is 9.38 Å². The molecule has 0 aliphatic rings. The lowest BCUT2D eigenvalue weighted by Crippen LogP contribution is -1.95. The number of nitrogens with zero attached hydrogens (tertiary/aromatic N) is 2. The number of aromatic hydroxyl groups is 1. The van der Waals surface area contributed by atoms with Gasteiger partial charge in [0.1, 0.15) is 17.1 Å². The molecule has 0 saturated carbocycles. The highest BCUT2D eigenvalue weighted by Crippen LogP contribution is 2.27. The molecule has 0 saturated heterocycles. The zero-order valence-electron chi connectivity index (χ0n) is 9.55. The summed E-state index contributed by atoms with van der Waals surface area (Å²) in [6.45, 7) is 0. The quantitative estimate of drug-likeness (QED) is 0.766. The molecule has 0 amide bonds. The second-order valence-corrected chi connectivity index (χ2v) is 4.45. The Bertz CT molecular complexity index is 692. The van der Waals surface area contributed by atoms with Gasteiger partial charge in [0.25, 0.3) is 0 Å². The number of hydrogen-bond acceptors (Lipinski definition) is 2. The van der Waals surface area contributed by atoms with E-state index in [1.807, 2.05) is 40.9 Å². The number of halogens is 1. The van der Waals surface area contributed by atoms with Gasteiger partial charge in [0, 0.05) is 12.6 Å². The van der Waals surface area contributed by atoms with Gasteiger partial charge in [0.2, 0.25) is 0 Å². The topological polar surface area (TPSA) is 37.5 Å². The van der Waals surface area contributed by atoms with Crippen molar-refractivity contribution in [1.29, 1.82) is 0 Å². The van der Waals surface area contributed by atoms with E-state index in [2.05, 4.69) is 4.98 Å². The van der Waals surface area contributed by atoms with Gasteiger partial charge in [-0.2, -0.15) is 0 Å². The summed E-state index contributed by atoms with van der Waals surface area (Å²) in [5, 5.41) is 10.1. The molecule has 2 heterocycles. The molecule has 0 atom stereocenters. The third-order valence-electron chi connectivity index (χ3n) is 2.88. The maximum Gasteiger partial charge on any atom is 0.158 e. The Balaban J connectivity index is 2.11. The molecule has 90 valence electrons. The van der Waals surface area contributed by atoms with Crippen LogP contribution in [0.1, 0.15) is 11.4 Å². The van der Waals surface area contributed by atoms with Gasteiger partial charge in [-0.15, -0.1) is 0 Å². The molecule has 3 aromatic rings. The third kappa shape index (κ3) is 1.83. The molecule has 0 aliphatic heterocycles. The molecule has 0 unspecified atom stereocenters. The fraction of sp³-hybridized carbons (Fsp3) is 0.0714. The van der Waals surface area contributed by atoms with Gasteiger partial charge in [0.05, 0.1) is 0 Å². The van der Waals surface area contributed by atoms with Crippen LogP contribution < -0.4 is 0 Å². The predicted octanol–water partition coefficient (Wildman–Crippen LogP) is 3.28. The van der Waals surface area contributed by atoms with E-state index in [0.29, 0.717) is 17.1 Å². The Morgan fingerprint density at radius 1 is 1.11 bits per heavy atom. The van der Waals surface area contributed by atoms with Gasteiger partial charge < -0.3 is 5.11 Å². The zero-order chi connectivity index (χ0) is 12.5. The first kappa shape index (κ1) is 11.1. The van der Waals surface area contributed by atoms with Gasteiger partial charge in [-0.3, -0.25) is 4.40 Å². The average Bonchev–Trinajstić information content (AvgIpc) is 2.69. The first-order valence-electron chi connectivity index (χ1n) is 5.64. The van der Waals surface area contributed by atoms with Crippen molar-refractivity contribution in [3.05, 3.63) is 65.2 Å². The standard InChI is InChI=1S/C14H11ClN2O/c15-14-13-11(18)7-4-8-17(13)12(16-14)9-10-5-2-1-3-6-10/h1-8,18H,9H2. The number of benzene rings is 1. The highest BCUT2D eigenvalue weighted by Gasteiger charge is 2.12. The molecule has 0 fully saturated rings. The highest BCUT2D eigenvalue weighted by atomic mass is 35.5. The smallest absolute Gasteiger partial charge is 0.158 e. The fourth-order valence-corrected chi connectivity index (χ4v) is 2.33. The van der Waals surface area contributed by atoms with Crippen molar-refractivity contribution in [2.45, 2.75) is 6.42 Å². The van der Waals surface area contributed by atoms with E-state index >= 15 is 0 Å². The summed E-state index contributed by atoms with van der Waals surface area (Å²) in [5.74, 6) is 0.964. The monoisotopic (exact) mass is 258 g/mol. The van der Waals surface area contributed by atoms with Crippen LogP contribution in [0.5, 0.6) is 5.75 Å². The van der Waals surface area contributed by atoms with Gasteiger partial charge in [-0.1, -0.05) is 41.9 Å². The van der Waals surface area contributed by atoms with Crippen LogP contribution in [-0.2, 0) is 6.42 Å². The first-order chi connectivity index (χ1) is 8.75. The van der Waals surface area contributed by atoms with E-state index in [1.54, 1.807) is 12.1 Å². The van der Waals surface area contributed by atoms with Crippen LogP contribution in [-0.4, -0.2) is 14.5 Å². The minimum Gasteiger partial charge on any atom is -0.506 e. The van der Waals surface area contributed by atoms with E-state index in [1.165, 1.54) is 0 Å². The number of rotatable bonds is 2. The van der Waals surface area contributed by atoms with Crippen LogP contribution in [0.2, 0.25) is 5.15 Å². The summed E-state index contributed by atoms with van der Waals surface area (Å²) in [4.78, 5) is 4.31. The maximum absolute atomic E-state index is 9.79. The lowest BCUT2D eigenvalue weighted by molar-refractivity contribution is 0.479. The van der Waals surface area contributed by atoms with Gasteiger partial charge >= 0.3 is 0 Å². The van der Waals surface area contributed by atoms with E-state index in [-0.39, 0.29) is 5.75 Å². The average molecular weight is 259 g/mol. The fourth-order valence-electron chi connectivity index (χ4n) is 2.04. The third-order valence-corrected chi connectivity index (χ3v) is 3.14. The van der Waals surface area contributed by atoms with Crippen molar-refractivity contribution in [2.75, 3.05) is 0 Å². The van der Waals surface area contributed by atoms with Crippen LogP contribution in [0, 0.1) is 0 Å². The molecular formula is C14H11ClN2O. The van der Waals surface area contributed by atoms with Gasteiger partial charge in [-0.25, -0.2) is 4.98 Å². The Morgan fingerprint density at radius 2 is 1.89 bits per heavy atom. The normalized spacial score (nSPS) is 10.9. The maximum atomic E-state index is 9.79. The molecular weight excluding hydrogens is 248 g/mol. The minimum absolute atomic E-state index is 0.148. The number of aromatic nitrogens is 2. The van der Waals surface area contributed by atoms with Crippen molar-refractivity contribution in [2.24, 2.45) is 0 Å². The van der Waals surface area contributed by atoms with Crippen molar-refractivity contribution in [3.63, 3.8) is 0 Å². The van der Waals surface area contributed by atoms with E-state index < -0.39 is 0 Å². The molecule has 3 rings (SSSR count). The van der Waals surface area contributed by atoms with Gasteiger partial charge in [0.15, 0.2) is 5.15 Å². The lowest BCUT2D eigenvalue weighted by atomic mass is 10.1. The number of hydrogen-bond donors (Lipinski definition) is 1. The SMILES string of the molecule is Oc1cccn2c(Cc3ccccc3)nc(Cl)c12. The molecule has 2 aromatic heterocycles. The summed E-state index contributed by atoms with van der Waals surface area (Å²) in [7, 11) is 0. The van der Waals surface area contributed by atoms with Gasteiger partial charge in [-0.05, 0) is 17.7 Å². The molecule has 1 aromatic carbocycles. The van der Waals surface area contributed by atoms with E-state index in [4.69, 9.17) is 11.6 Å². The Hall–Kier alpha value is -2.00. The summed E-state index contributed by atoms with van der Waals surface area (Å²) in [6, 6.07) is 13.4. The van der Waals surface area contributed by atoms with Crippen LogP contribution in [0.15, 0.2) is 48.7 Å². The Kier molecular flexibility index (Phi) is 2.68. The molecule has 18 heavy (non-hydrogen) atoms. The molecule has 0 spiro atoms. The summed E-state index contributed by atoms with van der Waals surface area (Å²) >= 11 is 6.06. The molecule has 0 bridgehead atoms. The van der Waals surface area contributed by atoms with Crippen molar-refractivity contribution >= 4 is 17.1 Å². The molecule has 3 nitrogen and oxygen atoms in total. The number of pyridine rings is 1. The summed E-state index contributed by atoms with van der Waals surface area (Å²) in [6.07, 6.45) is 2.53. The second kappa shape index (κ2) is 4.35. The largest absolute Gasteiger partial charge is 0.506 e. The van der Waals surface area contributed by atoms with Crippen LogP contribution in [0.4, 0.5) is 0 Å². The summed E-state index contributed by atoms with van der Waals surface area (Å²) < 4.78 is 1.82. The van der Waals surface area contributed by atoms with Crippen LogP contribution in [0.25, 0.3) is 5.52 Å². The van der Waals surface area contributed by atoms with E-state index in [9.17, 15) is 5.11 Å². The number of imidazole rings is 1. The molecule has 4 heteroatoms. The first-order valence-corrected chi connectivity index (χ1v) is 6.02. The second-order valence-electron chi connectivity index (χ2n) is 4.09. The van der Waals surface area contributed by atoms with Crippen molar-refractivity contribution < 1.29 is 5.11 Å².